The molecule has 2 rings (SSSR count). The molecule has 2 atom stereocenters. The maximum absolute atomic E-state index is 12.4. The summed E-state index contributed by atoms with van der Waals surface area (Å²) >= 11 is 1.96. The van der Waals surface area contributed by atoms with Gasteiger partial charge in [0.05, 0.1) is 0 Å². The molecular weight excluding hydrogens is 280 g/mol. The van der Waals surface area contributed by atoms with Gasteiger partial charge < -0.3 is 9.80 Å². The molecule has 21 heavy (non-hydrogen) atoms. The number of rotatable bonds is 4. The minimum Gasteiger partial charge on any atom is -0.342 e. The standard InChI is InChI=1S/C17H32N2OS/c1-17(2,3)21-12-6-8-16(20)19-11-9-15-14(13-19)7-5-10-18(15)4/h14-15H,5-13H2,1-4H3/t14-,15+/m0/s1. The van der Waals surface area contributed by atoms with Gasteiger partial charge in [0.2, 0.25) is 5.91 Å². The van der Waals surface area contributed by atoms with Gasteiger partial charge in [0.1, 0.15) is 0 Å². The highest BCUT2D eigenvalue weighted by Crippen LogP contribution is 2.30. The summed E-state index contributed by atoms with van der Waals surface area (Å²) in [6, 6.07) is 0.722. The summed E-state index contributed by atoms with van der Waals surface area (Å²) in [5, 5.41) is 0. The Hall–Kier alpha value is -0.220. The average molecular weight is 313 g/mol. The normalized spacial score (nSPS) is 27.5. The van der Waals surface area contributed by atoms with Crippen molar-refractivity contribution in [3.05, 3.63) is 0 Å². The van der Waals surface area contributed by atoms with E-state index in [-0.39, 0.29) is 0 Å². The minimum absolute atomic E-state index is 0.314. The summed E-state index contributed by atoms with van der Waals surface area (Å²) in [5.41, 5.74) is 0. The first-order valence-electron chi connectivity index (χ1n) is 8.49. The predicted molar refractivity (Wildman–Crippen MR) is 91.8 cm³/mol. The number of hydrogen-bond acceptors (Lipinski definition) is 3. The third kappa shape index (κ3) is 5.17. The average Bonchev–Trinajstić information content (AvgIpc) is 2.42. The van der Waals surface area contributed by atoms with Gasteiger partial charge >= 0.3 is 0 Å². The summed E-state index contributed by atoms with van der Waals surface area (Å²) in [6.07, 6.45) is 5.52. The lowest BCUT2D eigenvalue weighted by Crippen LogP contribution is -2.53. The number of hydrogen-bond donors (Lipinski definition) is 0. The fraction of sp³-hybridized carbons (Fsp3) is 0.941. The second-order valence-electron chi connectivity index (χ2n) is 7.64. The number of amides is 1. The van der Waals surface area contributed by atoms with Crippen LogP contribution in [0.25, 0.3) is 0 Å². The maximum atomic E-state index is 12.4. The van der Waals surface area contributed by atoms with Crippen LogP contribution >= 0.6 is 11.8 Å². The molecule has 2 aliphatic heterocycles. The Kier molecular flexibility index (Phi) is 6.01. The lowest BCUT2D eigenvalue weighted by molar-refractivity contribution is -0.134. The molecule has 0 aromatic carbocycles. The second kappa shape index (κ2) is 7.36. The number of carbonyl (C=O) groups excluding carboxylic acids is 1. The summed E-state index contributed by atoms with van der Waals surface area (Å²) in [4.78, 5) is 17.0. The maximum Gasteiger partial charge on any atom is 0.222 e. The van der Waals surface area contributed by atoms with Gasteiger partial charge in [0.25, 0.3) is 0 Å². The van der Waals surface area contributed by atoms with Gasteiger partial charge in [0.15, 0.2) is 0 Å². The van der Waals surface area contributed by atoms with Gasteiger partial charge in [-0.05, 0) is 50.9 Å². The Morgan fingerprint density at radius 1 is 1.24 bits per heavy atom. The molecule has 0 aromatic heterocycles. The highest BCUT2D eigenvalue weighted by Gasteiger charge is 2.35. The van der Waals surface area contributed by atoms with E-state index in [1.807, 2.05) is 11.8 Å². The monoisotopic (exact) mass is 312 g/mol. The molecule has 0 spiro atoms. The van der Waals surface area contributed by atoms with E-state index in [0.717, 1.165) is 37.7 Å². The quantitative estimate of drug-likeness (QED) is 0.745. The summed E-state index contributed by atoms with van der Waals surface area (Å²) < 4.78 is 0.314. The number of fused-ring (bicyclic) bond motifs is 1. The Morgan fingerprint density at radius 2 is 2.00 bits per heavy atom. The van der Waals surface area contributed by atoms with E-state index in [0.29, 0.717) is 16.6 Å². The number of likely N-dealkylation sites (tertiary alicyclic amines) is 2. The molecule has 0 radical (unpaired) electrons. The van der Waals surface area contributed by atoms with Crippen LogP contribution in [0.15, 0.2) is 0 Å². The fourth-order valence-corrected chi connectivity index (χ4v) is 4.54. The molecular formula is C17H32N2OS. The molecule has 3 nitrogen and oxygen atoms in total. The van der Waals surface area contributed by atoms with E-state index in [4.69, 9.17) is 0 Å². The second-order valence-corrected chi connectivity index (χ2v) is 9.56. The number of carbonyl (C=O) groups is 1. The van der Waals surface area contributed by atoms with Crippen molar-refractivity contribution in [2.24, 2.45) is 5.92 Å². The van der Waals surface area contributed by atoms with E-state index in [2.05, 4.69) is 37.6 Å². The van der Waals surface area contributed by atoms with Crippen molar-refractivity contribution in [3.8, 4) is 0 Å². The Bertz CT molecular complexity index is 353. The van der Waals surface area contributed by atoms with Crippen LogP contribution in [0.2, 0.25) is 0 Å². The van der Waals surface area contributed by atoms with Crippen LogP contribution in [0, 0.1) is 5.92 Å². The van der Waals surface area contributed by atoms with E-state index in [9.17, 15) is 4.79 Å². The highest BCUT2D eigenvalue weighted by atomic mass is 32.2. The van der Waals surface area contributed by atoms with Crippen molar-refractivity contribution in [3.63, 3.8) is 0 Å². The molecule has 0 bridgehead atoms. The zero-order valence-corrected chi connectivity index (χ0v) is 15.0. The van der Waals surface area contributed by atoms with Gasteiger partial charge in [0, 0.05) is 30.3 Å². The van der Waals surface area contributed by atoms with Crippen molar-refractivity contribution in [1.29, 1.82) is 0 Å². The lowest BCUT2D eigenvalue weighted by Gasteiger charge is -2.46. The molecule has 0 aliphatic carbocycles. The smallest absolute Gasteiger partial charge is 0.222 e. The van der Waals surface area contributed by atoms with Gasteiger partial charge in [-0.3, -0.25) is 4.79 Å². The molecule has 4 heteroatoms. The first kappa shape index (κ1) is 17.1. The van der Waals surface area contributed by atoms with E-state index < -0.39 is 0 Å². The van der Waals surface area contributed by atoms with Crippen molar-refractivity contribution in [2.45, 2.75) is 63.7 Å². The molecule has 1 amide bonds. The third-order valence-electron chi connectivity index (χ3n) is 4.77. The Labute approximate surface area is 134 Å². The van der Waals surface area contributed by atoms with Crippen LogP contribution in [0.5, 0.6) is 0 Å². The van der Waals surface area contributed by atoms with Gasteiger partial charge in [-0.25, -0.2) is 0 Å². The van der Waals surface area contributed by atoms with Crippen molar-refractivity contribution in [1.82, 2.24) is 9.80 Å². The minimum atomic E-state index is 0.314. The van der Waals surface area contributed by atoms with Crippen LogP contribution < -0.4 is 0 Å². The number of nitrogens with zero attached hydrogens (tertiary/aromatic N) is 2. The topological polar surface area (TPSA) is 23.6 Å². The Balaban J connectivity index is 1.71. The molecule has 0 aromatic rings. The summed E-state index contributed by atoms with van der Waals surface area (Å²) in [5.74, 6) is 2.19. The largest absolute Gasteiger partial charge is 0.342 e. The molecule has 0 N–H and O–H groups in total. The van der Waals surface area contributed by atoms with Gasteiger partial charge in [-0.15, -0.1) is 0 Å². The van der Waals surface area contributed by atoms with Crippen molar-refractivity contribution >= 4 is 17.7 Å². The van der Waals surface area contributed by atoms with E-state index >= 15 is 0 Å². The molecule has 0 unspecified atom stereocenters. The SMILES string of the molecule is CN1CCC[C@H]2CN(C(=O)CCCSC(C)(C)C)CC[C@H]21. The highest BCUT2D eigenvalue weighted by molar-refractivity contribution is 8.00. The fourth-order valence-electron chi connectivity index (χ4n) is 3.64. The van der Waals surface area contributed by atoms with Crippen molar-refractivity contribution < 1.29 is 4.79 Å². The van der Waals surface area contributed by atoms with Crippen molar-refractivity contribution in [2.75, 3.05) is 32.4 Å². The van der Waals surface area contributed by atoms with E-state index in [1.54, 1.807) is 0 Å². The molecule has 2 aliphatic rings. The molecule has 122 valence electrons. The third-order valence-corrected chi connectivity index (χ3v) is 6.13. The molecule has 0 saturated carbocycles. The predicted octanol–water partition coefficient (Wildman–Crippen LogP) is 3.24. The van der Waals surface area contributed by atoms with Crippen LogP contribution in [0.1, 0.15) is 52.9 Å². The zero-order valence-electron chi connectivity index (χ0n) is 14.2. The van der Waals surface area contributed by atoms with Gasteiger partial charge in [-0.2, -0.15) is 11.8 Å². The van der Waals surface area contributed by atoms with E-state index in [1.165, 1.54) is 25.8 Å². The first-order chi connectivity index (χ1) is 9.87. The zero-order chi connectivity index (χ0) is 15.5. The molecule has 2 heterocycles. The van der Waals surface area contributed by atoms with Crippen LogP contribution in [-0.4, -0.2) is 58.9 Å². The first-order valence-corrected chi connectivity index (χ1v) is 9.47. The molecule has 2 saturated heterocycles. The van der Waals surface area contributed by atoms with Crippen LogP contribution in [-0.2, 0) is 4.79 Å². The van der Waals surface area contributed by atoms with Gasteiger partial charge in [-0.1, -0.05) is 20.8 Å². The lowest BCUT2D eigenvalue weighted by atomic mass is 9.84. The Morgan fingerprint density at radius 3 is 2.71 bits per heavy atom. The number of thioether (sulfide) groups is 1. The summed E-state index contributed by atoms with van der Waals surface area (Å²) in [6.45, 7) is 9.92. The van der Waals surface area contributed by atoms with Crippen LogP contribution in [0.4, 0.5) is 0 Å². The number of piperidine rings is 2. The molecule has 2 fully saturated rings. The summed E-state index contributed by atoms with van der Waals surface area (Å²) in [7, 11) is 2.25. The van der Waals surface area contributed by atoms with Crippen LogP contribution in [0.3, 0.4) is 0 Å².